The van der Waals surface area contributed by atoms with Gasteiger partial charge in [-0.05, 0) is 73.8 Å². The first-order chi connectivity index (χ1) is 17.1. The number of aromatic nitrogens is 2. The number of imidazole rings is 1. The molecule has 3 aromatic carbocycles. The van der Waals surface area contributed by atoms with Crippen molar-refractivity contribution in [2.45, 2.75) is 31.3 Å². The van der Waals surface area contributed by atoms with Crippen LogP contribution < -0.4 is 11.0 Å². The lowest BCUT2D eigenvalue weighted by Gasteiger charge is -2.32. The summed E-state index contributed by atoms with van der Waals surface area (Å²) < 4.78 is 1.92. The number of likely N-dealkylation sites (tertiary alicyclic amines) is 1. The Morgan fingerprint density at radius 2 is 1.66 bits per heavy atom. The molecule has 1 aliphatic rings. The predicted octanol–water partition coefficient (Wildman–Crippen LogP) is 6.04. The maximum absolute atomic E-state index is 12.6. The highest BCUT2D eigenvalue weighted by Crippen LogP contribution is 2.27. The molecular formula is C28H30Cl2N4O. The Morgan fingerprint density at radius 3 is 2.43 bits per heavy atom. The summed E-state index contributed by atoms with van der Waals surface area (Å²) in [6.07, 6.45) is 3.00. The van der Waals surface area contributed by atoms with Gasteiger partial charge in [-0.3, -0.25) is 4.57 Å². The van der Waals surface area contributed by atoms with Gasteiger partial charge in [0.05, 0.1) is 17.1 Å². The lowest BCUT2D eigenvalue weighted by Crippen LogP contribution is -2.38. The number of aromatic amines is 1. The summed E-state index contributed by atoms with van der Waals surface area (Å²) in [5, 5.41) is 5.13. The molecule has 1 saturated heterocycles. The Balaban J connectivity index is 1.15. The molecule has 5 nitrogen and oxygen atoms in total. The van der Waals surface area contributed by atoms with E-state index in [4.69, 9.17) is 23.2 Å². The number of fused-ring (bicyclic) bond motifs is 1. The van der Waals surface area contributed by atoms with Gasteiger partial charge < -0.3 is 15.2 Å². The van der Waals surface area contributed by atoms with Gasteiger partial charge in [0.25, 0.3) is 0 Å². The van der Waals surface area contributed by atoms with Gasteiger partial charge in [-0.1, -0.05) is 65.7 Å². The van der Waals surface area contributed by atoms with Crippen molar-refractivity contribution in [1.29, 1.82) is 0 Å². The van der Waals surface area contributed by atoms with Crippen LogP contribution in [0.25, 0.3) is 11.0 Å². The minimum atomic E-state index is -0.0436. The molecule has 0 aliphatic carbocycles. The van der Waals surface area contributed by atoms with Crippen LogP contribution in [-0.2, 0) is 0 Å². The molecule has 2 N–H and O–H groups in total. The average Bonchev–Trinajstić information content (AvgIpc) is 3.19. The zero-order valence-electron chi connectivity index (χ0n) is 19.6. The first-order valence-electron chi connectivity index (χ1n) is 12.2. The van der Waals surface area contributed by atoms with Crippen molar-refractivity contribution < 1.29 is 0 Å². The van der Waals surface area contributed by atoms with Gasteiger partial charge in [0.2, 0.25) is 0 Å². The monoisotopic (exact) mass is 508 g/mol. The van der Waals surface area contributed by atoms with E-state index in [2.05, 4.69) is 45.5 Å². The topological polar surface area (TPSA) is 53.1 Å². The fourth-order valence-electron chi connectivity index (χ4n) is 5.18. The van der Waals surface area contributed by atoms with Crippen molar-refractivity contribution in [1.82, 2.24) is 19.8 Å². The fourth-order valence-corrected chi connectivity index (χ4v) is 5.55. The Bertz CT molecular complexity index is 1330. The summed E-state index contributed by atoms with van der Waals surface area (Å²) in [6, 6.07) is 24.5. The Labute approximate surface area is 215 Å². The maximum Gasteiger partial charge on any atom is 0.326 e. The standard InChI is InChI=1S/C28H30Cl2N4O/c29-22-9-4-8-21(18-22)27(20-6-2-1-3-7-20)31-14-5-15-33-16-12-24(13-17-33)34-26-11-10-23(30)19-25(26)32-28(34)35/h1-4,6-11,18-19,24,27,31H,5,12-17H2,(H,32,35). The van der Waals surface area contributed by atoms with Crippen LogP contribution in [0.3, 0.4) is 0 Å². The molecule has 1 atom stereocenters. The van der Waals surface area contributed by atoms with E-state index in [-0.39, 0.29) is 17.8 Å². The largest absolute Gasteiger partial charge is 0.326 e. The zero-order chi connectivity index (χ0) is 24.2. The number of piperidine rings is 1. The van der Waals surface area contributed by atoms with Gasteiger partial charge in [-0.25, -0.2) is 4.79 Å². The lowest BCUT2D eigenvalue weighted by atomic mass is 9.98. The summed E-state index contributed by atoms with van der Waals surface area (Å²) in [5.74, 6) is 0. The fraction of sp³-hybridized carbons (Fsp3) is 0.321. The second-order valence-corrected chi connectivity index (χ2v) is 10.1. The number of hydrogen-bond donors (Lipinski definition) is 2. The van der Waals surface area contributed by atoms with E-state index in [1.807, 2.05) is 47.0 Å². The third-order valence-electron chi connectivity index (χ3n) is 6.92. The molecule has 5 rings (SSSR count). The van der Waals surface area contributed by atoms with Gasteiger partial charge in [-0.2, -0.15) is 0 Å². The molecule has 7 heteroatoms. The molecule has 1 aromatic heterocycles. The van der Waals surface area contributed by atoms with Crippen molar-refractivity contribution in [2.75, 3.05) is 26.2 Å². The Kier molecular flexibility index (Phi) is 7.59. The second kappa shape index (κ2) is 11.0. The summed E-state index contributed by atoms with van der Waals surface area (Å²) in [5.41, 5.74) is 4.12. The highest BCUT2D eigenvalue weighted by atomic mass is 35.5. The van der Waals surface area contributed by atoms with Crippen LogP contribution in [0.5, 0.6) is 0 Å². The molecule has 2 heterocycles. The van der Waals surface area contributed by atoms with Crippen LogP contribution >= 0.6 is 23.2 Å². The van der Waals surface area contributed by atoms with Crippen molar-refractivity contribution in [3.8, 4) is 0 Å². The van der Waals surface area contributed by atoms with Crippen LogP contribution in [0.1, 0.15) is 42.5 Å². The SMILES string of the molecule is O=c1[nH]c2cc(Cl)ccc2n1C1CCN(CCCNC(c2ccccc2)c2cccc(Cl)c2)CC1. The zero-order valence-corrected chi connectivity index (χ0v) is 21.1. The van der Waals surface area contributed by atoms with Gasteiger partial charge >= 0.3 is 5.69 Å². The molecule has 0 saturated carbocycles. The highest BCUT2D eigenvalue weighted by molar-refractivity contribution is 6.31. The quantitative estimate of drug-likeness (QED) is 0.285. The van der Waals surface area contributed by atoms with Crippen molar-refractivity contribution in [3.05, 3.63) is 104 Å². The lowest BCUT2D eigenvalue weighted by molar-refractivity contribution is 0.184. The number of nitrogens with zero attached hydrogens (tertiary/aromatic N) is 2. The van der Waals surface area contributed by atoms with E-state index in [9.17, 15) is 4.79 Å². The van der Waals surface area contributed by atoms with Crippen LogP contribution in [-0.4, -0.2) is 40.6 Å². The average molecular weight is 509 g/mol. The van der Waals surface area contributed by atoms with Crippen molar-refractivity contribution in [2.24, 2.45) is 0 Å². The van der Waals surface area contributed by atoms with E-state index in [0.717, 1.165) is 61.5 Å². The number of hydrogen-bond acceptors (Lipinski definition) is 3. The molecule has 0 amide bonds. The molecule has 1 unspecified atom stereocenters. The third kappa shape index (κ3) is 5.65. The van der Waals surface area contributed by atoms with Gasteiger partial charge in [0.15, 0.2) is 0 Å². The van der Waals surface area contributed by atoms with Crippen LogP contribution in [0.15, 0.2) is 77.6 Å². The third-order valence-corrected chi connectivity index (χ3v) is 7.39. The van der Waals surface area contributed by atoms with E-state index >= 15 is 0 Å². The molecule has 1 aliphatic heterocycles. The first-order valence-corrected chi connectivity index (χ1v) is 13.0. The Morgan fingerprint density at radius 1 is 0.914 bits per heavy atom. The highest BCUT2D eigenvalue weighted by Gasteiger charge is 2.23. The predicted molar refractivity (Wildman–Crippen MR) is 145 cm³/mol. The molecule has 35 heavy (non-hydrogen) atoms. The van der Waals surface area contributed by atoms with E-state index < -0.39 is 0 Å². The number of nitrogens with one attached hydrogen (secondary N) is 2. The van der Waals surface area contributed by atoms with Crippen LogP contribution in [0.2, 0.25) is 10.0 Å². The summed E-state index contributed by atoms with van der Waals surface area (Å²) in [6.45, 7) is 3.94. The number of benzene rings is 3. The molecule has 0 radical (unpaired) electrons. The summed E-state index contributed by atoms with van der Waals surface area (Å²) >= 11 is 12.4. The Hall–Kier alpha value is -2.57. The van der Waals surface area contributed by atoms with E-state index in [1.165, 1.54) is 11.1 Å². The molecule has 0 spiro atoms. The molecule has 182 valence electrons. The van der Waals surface area contributed by atoms with Crippen LogP contribution in [0.4, 0.5) is 0 Å². The molecule has 4 aromatic rings. The second-order valence-electron chi connectivity index (χ2n) is 9.24. The smallest absolute Gasteiger partial charge is 0.306 e. The van der Waals surface area contributed by atoms with Crippen molar-refractivity contribution in [3.63, 3.8) is 0 Å². The minimum absolute atomic E-state index is 0.0436. The van der Waals surface area contributed by atoms with E-state index in [0.29, 0.717) is 5.02 Å². The van der Waals surface area contributed by atoms with Gasteiger partial charge in [0, 0.05) is 29.2 Å². The summed E-state index contributed by atoms with van der Waals surface area (Å²) in [4.78, 5) is 18.1. The maximum atomic E-state index is 12.6. The van der Waals surface area contributed by atoms with E-state index in [1.54, 1.807) is 0 Å². The van der Waals surface area contributed by atoms with Crippen LogP contribution in [0, 0.1) is 0 Å². The molecular weight excluding hydrogens is 479 g/mol. The molecule has 0 bridgehead atoms. The van der Waals surface area contributed by atoms with Gasteiger partial charge in [-0.15, -0.1) is 0 Å². The normalized spacial score (nSPS) is 16.1. The number of H-pyrrole nitrogens is 1. The number of halogens is 2. The van der Waals surface area contributed by atoms with Crippen molar-refractivity contribution >= 4 is 34.2 Å². The molecule has 1 fully saturated rings. The first kappa shape index (κ1) is 24.1. The number of rotatable bonds is 8. The van der Waals surface area contributed by atoms with Gasteiger partial charge in [0.1, 0.15) is 0 Å². The summed E-state index contributed by atoms with van der Waals surface area (Å²) in [7, 11) is 0. The minimum Gasteiger partial charge on any atom is -0.306 e.